The van der Waals surface area contributed by atoms with E-state index < -0.39 is 0 Å². The van der Waals surface area contributed by atoms with Crippen molar-refractivity contribution in [2.45, 2.75) is 32.0 Å². The van der Waals surface area contributed by atoms with E-state index in [0.29, 0.717) is 18.1 Å². The van der Waals surface area contributed by atoms with Gasteiger partial charge in [-0.2, -0.15) is 0 Å². The van der Waals surface area contributed by atoms with Gasteiger partial charge in [0.2, 0.25) is 0 Å². The molecule has 94 valence electrons. The Morgan fingerprint density at radius 1 is 1.59 bits per heavy atom. The van der Waals surface area contributed by atoms with Crippen LogP contribution in [-0.2, 0) is 11.2 Å². The number of ether oxygens (including phenoxy) is 1. The molecule has 2 rings (SSSR count). The van der Waals surface area contributed by atoms with Gasteiger partial charge in [-0.15, -0.1) is 0 Å². The monoisotopic (exact) mass is 318 g/mol. The molecule has 1 aliphatic heterocycles. The Labute approximate surface area is 115 Å². The molecule has 1 aliphatic rings. The zero-order valence-electron chi connectivity index (χ0n) is 9.70. The molecule has 1 saturated heterocycles. The highest BCUT2D eigenvalue weighted by molar-refractivity contribution is 9.10. The molecule has 0 radical (unpaired) electrons. The fourth-order valence-corrected chi connectivity index (χ4v) is 2.95. The molecule has 0 saturated carbocycles. The van der Waals surface area contributed by atoms with Gasteiger partial charge in [0.15, 0.2) is 0 Å². The summed E-state index contributed by atoms with van der Waals surface area (Å²) in [5.74, 6) is 0.227. The second kappa shape index (κ2) is 5.70. The topological polar surface area (TPSA) is 29.5 Å². The molecule has 0 aliphatic carbocycles. The van der Waals surface area contributed by atoms with E-state index in [2.05, 4.69) is 15.9 Å². The molecule has 0 bridgehead atoms. The molecule has 1 aromatic rings. The molecule has 0 aromatic heterocycles. The summed E-state index contributed by atoms with van der Waals surface area (Å²) in [6.45, 7) is 2.69. The summed E-state index contributed by atoms with van der Waals surface area (Å²) >= 11 is 9.51. The molecule has 1 N–H and O–H groups in total. The second-order valence-electron chi connectivity index (χ2n) is 4.65. The highest BCUT2D eigenvalue weighted by Gasteiger charge is 2.28. The van der Waals surface area contributed by atoms with Crippen LogP contribution in [0.5, 0.6) is 0 Å². The quantitative estimate of drug-likeness (QED) is 0.925. The Balaban J connectivity index is 2.00. The molecular weight excluding hydrogens is 303 g/mol. The zero-order valence-corrected chi connectivity index (χ0v) is 12.0. The highest BCUT2D eigenvalue weighted by Crippen LogP contribution is 2.27. The standard InChI is InChI=1S/C13H16BrClO2/c1-8-4-10(7-17-8)13(16)5-9-2-3-11(14)6-12(9)15/h2-3,6,8,10,13,16H,4-5,7H2,1H3. The van der Waals surface area contributed by atoms with Gasteiger partial charge >= 0.3 is 0 Å². The molecule has 1 aromatic carbocycles. The number of halogens is 2. The molecule has 3 unspecified atom stereocenters. The van der Waals surface area contributed by atoms with Gasteiger partial charge in [-0.25, -0.2) is 0 Å². The third kappa shape index (κ3) is 3.44. The number of rotatable bonds is 3. The summed E-state index contributed by atoms with van der Waals surface area (Å²) < 4.78 is 6.43. The molecule has 17 heavy (non-hydrogen) atoms. The Morgan fingerprint density at radius 2 is 2.35 bits per heavy atom. The van der Waals surface area contributed by atoms with Crippen LogP contribution in [0.4, 0.5) is 0 Å². The van der Waals surface area contributed by atoms with E-state index in [9.17, 15) is 5.11 Å². The van der Waals surface area contributed by atoms with Gasteiger partial charge in [-0.1, -0.05) is 33.6 Å². The van der Waals surface area contributed by atoms with E-state index in [-0.39, 0.29) is 18.1 Å². The number of hydrogen-bond donors (Lipinski definition) is 1. The fourth-order valence-electron chi connectivity index (χ4n) is 2.20. The summed E-state index contributed by atoms with van der Waals surface area (Å²) in [6, 6.07) is 5.76. The van der Waals surface area contributed by atoms with E-state index >= 15 is 0 Å². The zero-order chi connectivity index (χ0) is 12.4. The summed E-state index contributed by atoms with van der Waals surface area (Å²) in [5.41, 5.74) is 0.988. The lowest BCUT2D eigenvalue weighted by molar-refractivity contribution is 0.0807. The van der Waals surface area contributed by atoms with Crippen molar-refractivity contribution < 1.29 is 9.84 Å². The Kier molecular flexibility index (Phi) is 4.47. The lowest BCUT2D eigenvalue weighted by Crippen LogP contribution is -2.23. The van der Waals surface area contributed by atoms with Crippen molar-refractivity contribution in [2.75, 3.05) is 6.61 Å². The van der Waals surface area contributed by atoms with Crippen molar-refractivity contribution in [1.29, 1.82) is 0 Å². The fraction of sp³-hybridized carbons (Fsp3) is 0.538. The third-order valence-electron chi connectivity index (χ3n) is 3.22. The van der Waals surface area contributed by atoms with Gasteiger partial charge in [-0.05, 0) is 31.0 Å². The molecule has 1 fully saturated rings. The summed E-state index contributed by atoms with van der Waals surface area (Å²) in [7, 11) is 0. The van der Waals surface area contributed by atoms with Crippen LogP contribution in [0.1, 0.15) is 18.9 Å². The van der Waals surface area contributed by atoms with Crippen LogP contribution >= 0.6 is 27.5 Å². The summed E-state index contributed by atoms with van der Waals surface area (Å²) in [6.07, 6.45) is 1.40. The van der Waals surface area contributed by atoms with Crippen LogP contribution in [0, 0.1) is 5.92 Å². The minimum Gasteiger partial charge on any atom is -0.392 e. The summed E-state index contributed by atoms with van der Waals surface area (Å²) in [5, 5.41) is 10.9. The van der Waals surface area contributed by atoms with Crippen LogP contribution in [0.3, 0.4) is 0 Å². The van der Waals surface area contributed by atoms with E-state index in [0.717, 1.165) is 16.5 Å². The SMILES string of the molecule is CC1CC(C(O)Cc2ccc(Br)cc2Cl)CO1. The van der Waals surface area contributed by atoms with Gasteiger partial charge < -0.3 is 9.84 Å². The van der Waals surface area contributed by atoms with Crippen molar-refractivity contribution in [3.05, 3.63) is 33.3 Å². The largest absolute Gasteiger partial charge is 0.392 e. The van der Waals surface area contributed by atoms with Crippen LogP contribution in [0.2, 0.25) is 5.02 Å². The Bertz CT molecular complexity index is 397. The van der Waals surface area contributed by atoms with Gasteiger partial charge in [0.1, 0.15) is 0 Å². The van der Waals surface area contributed by atoms with E-state index in [1.807, 2.05) is 25.1 Å². The van der Waals surface area contributed by atoms with E-state index in [1.54, 1.807) is 0 Å². The molecule has 4 heteroatoms. The van der Waals surface area contributed by atoms with Crippen molar-refractivity contribution in [2.24, 2.45) is 5.92 Å². The first-order valence-corrected chi connectivity index (χ1v) is 6.97. The smallest absolute Gasteiger partial charge is 0.0632 e. The molecule has 2 nitrogen and oxygen atoms in total. The highest BCUT2D eigenvalue weighted by atomic mass is 79.9. The maximum atomic E-state index is 10.2. The second-order valence-corrected chi connectivity index (χ2v) is 5.97. The van der Waals surface area contributed by atoms with Crippen LogP contribution < -0.4 is 0 Å². The van der Waals surface area contributed by atoms with Gasteiger partial charge in [0.05, 0.1) is 18.8 Å². The number of benzene rings is 1. The lowest BCUT2D eigenvalue weighted by atomic mass is 9.94. The minimum absolute atomic E-state index is 0.227. The average Bonchev–Trinajstić information content (AvgIpc) is 2.69. The predicted octanol–water partition coefficient (Wildman–Crippen LogP) is 3.43. The molecule has 0 spiro atoms. The predicted molar refractivity (Wildman–Crippen MR) is 72.4 cm³/mol. The van der Waals surface area contributed by atoms with Crippen molar-refractivity contribution in [3.8, 4) is 0 Å². The van der Waals surface area contributed by atoms with Crippen molar-refractivity contribution >= 4 is 27.5 Å². The van der Waals surface area contributed by atoms with Gasteiger partial charge in [0.25, 0.3) is 0 Å². The molecular formula is C13H16BrClO2. The molecule has 3 atom stereocenters. The first-order valence-electron chi connectivity index (χ1n) is 5.80. The lowest BCUT2D eigenvalue weighted by Gasteiger charge is -2.17. The minimum atomic E-state index is -0.376. The number of aliphatic hydroxyl groups excluding tert-OH is 1. The van der Waals surface area contributed by atoms with Gasteiger partial charge in [0, 0.05) is 21.8 Å². The first-order chi connectivity index (χ1) is 8.06. The van der Waals surface area contributed by atoms with E-state index in [1.165, 1.54) is 0 Å². The normalized spacial score (nSPS) is 26.1. The van der Waals surface area contributed by atoms with E-state index in [4.69, 9.17) is 16.3 Å². The molecule has 0 amide bonds. The van der Waals surface area contributed by atoms with Crippen molar-refractivity contribution in [1.82, 2.24) is 0 Å². The van der Waals surface area contributed by atoms with Crippen LogP contribution in [0.15, 0.2) is 22.7 Å². The number of aliphatic hydroxyl groups is 1. The Morgan fingerprint density at radius 3 is 2.94 bits per heavy atom. The van der Waals surface area contributed by atoms with Gasteiger partial charge in [-0.3, -0.25) is 0 Å². The van der Waals surface area contributed by atoms with Crippen LogP contribution in [0.25, 0.3) is 0 Å². The maximum Gasteiger partial charge on any atom is 0.0632 e. The average molecular weight is 320 g/mol. The Hall–Kier alpha value is -0.0900. The van der Waals surface area contributed by atoms with Crippen LogP contribution in [-0.4, -0.2) is 23.9 Å². The summed E-state index contributed by atoms with van der Waals surface area (Å²) in [4.78, 5) is 0. The first kappa shape index (κ1) is 13.3. The van der Waals surface area contributed by atoms with Crippen molar-refractivity contribution in [3.63, 3.8) is 0 Å². The maximum absolute atomic E-state index is 10.2. The third-order valence-corrected chi connectivity index (χ3v) is 4.06. The number of hydrogen-bond acceptors (Lipinski definition) is 2. The molecule has 1 heterocycles.